The minimum atomic E-state index is -0.366. The van der Waals surface area contributed by atoms with E-state index in [1.165, 1.54) is 0 Å². The summed E-state index contributed by atoms with van der Waals surface area (Å²) in [5, 5.41) is 15.3. The Labute approximate surface area is 84.3 Å². The van der Waals surface area contributed by atoms with Crippen molar-refractivity contribution in [1.82, 2.24) is 0 Å². The van der Waals surface area contributed by atoms with E-state index in [0.717, 1.165) is 5.56 Å². The van der Waals surface area contributed by atoms with Gasteiger partial charge in [0.2, 0.25) is 6.17 Å². The molecule has 0 aromatic heterocycles. The summed E-state index contributed by atoms with van der Waals surface area (Å²) in [6.45, 7) is 0. The summed E-state index contributed by atoms with van der Waals surface area (Å²) >= 11 is 11.6. The van der Waals surface area contributed by atoms with Crippen LogP contribution >= 0.6 is 23.2 Å². The van der Waals surface area contributed by atoms with E-state index in [9.17, 15) is 0 Å². The number of halogens is 2. The van der Waals surface area contributed by atoms with Gasteiger partial charge in [0, 0.05) is 5.56 Å². The molecule has 0 spiro atoms. The highest BCUT2D eigenvalue weighted by molar-refractivity contribution is 6.42. The summed E-state index contributed by atoms with van der Waals surface area (Å²) in [6.07, 6.45) is -0.366. The number of benzene rings is 1. The van der Waals surface area contributed by atoms with Crippen LogP contribution in [0.15, 0.2) is 38.9 Å². The Bertz CT molecular complexity index is 376. The summed E-state index contributed by atoms with van der Waals surface area (Å²) in [6, 6.07) is 5.20. The van der Waals surface area contributed by atoms with E-state index in [2.05, 4.69) is 20.7 Å². The SMILES string of the molecule is Clc1ccc(C2N=NN=N2)cc1Cl. The van der Waals surface area contributed by atoms with Gasteiger partial charge in [0.15, 0.2) is 0 Å². The number of rotatable bonds is 1. The average molecular weight is 215 g/mol. The maximum absolute atomic E-state index is 5.82. The fourth-order valence-electron chi connectivity index (χ4n) is 0.973. The summed E-state index contributed by atoms with van der Waals surface area (Å²) in [5.74, 6) is 0. The highest BCUT2D eigenvalue weighted by Gasteiger charge is 2.13. The zero-order valence-corrected chi connectivity index (χ0v) is 7.87. The normalized spacial score (nSPS) is 15.5. The van der Waals surface area contributed by atoms with Crippen LogP contribution in [-0.2, 0) is 0 Å². The highest BCUT2D eigenvalue weighted by Crippen LogP contribution is 2.29. The van der Waals surface area contributed by atoms with Crippen LogP contribution in [0.1, 0.15) is 11.7 Å². The first-order chi connectivity index (χ1) is 6.27. The number of hydrogen-bond acceptors (Lipinski definition) is 4. The van der Waals surface area contributed by atoms with Gasteiger partial charge in [-0.05, 0) is 22.6 Å². The van der Waals surface area contributed by atoms with Crippen LogP contribution < -0.4 is 0 Å². The monoisotopic (exact) mass is 214 g/mol. The maximum Gasteiger partial charge on any atom is 0.210 e. The molecule has 0 aliphatic carbocycles. The van der Waals surface area contributed by atoms with Crippen LogP contribution in [-0.4, -0.2) is 0 Å². The van der Waals surface area contributed by atoms with Gasteiger partial charge in [-0.1, -0.05) is 29.3 Å². The maximum atomic E-state index is 5.82. The topological polar surface area (TPSA) is 49.4 Å². The first-order valence-electron chi connectivity index (χ1n) is 3.52. The second-order valence-electron chi connectivity index (χ2n) is 2.46. The molecule has 2 rings (SSSR count). The van der Waals surface area contributed by atoms with Gasteiger partial charge >= 0.3 is 0 Å². The number of nitrogens with zero attached hydrogens (tertiary/aromatic N) is 4. The van der Waals surface area contributed by atoms with E-state index in [1.807, 2.05) is 0 Å². The van der Waals surface area contributed by atoms with Crippen molar-refractivity contribution in [3.8, 4) is 0 Å². The summed E-state index contributed by atoms with van der Waals surface area (Å²) < 4.78 is 0. The molecular weight excluding hydrogens is 211 g/mol. The summed E-state index contributed by atoms with van der Waals surface area (Å²) in [5.41, 5.74) is 0.833. The first kappa shape index (κ1) is 8.59. The molecule has 1 aromatic carbocycles. The molecule has 0 saturated carbocycles. The summed E-state index contributed by atoms with van der Waals surface area (Å²) in [4.78, 5) is 0. The third-order valence-corrected chi connectivity index (χ3v) is 2.34. The molecule has 66 valence electrons. The van der Waals surface area contributed by atoms with Crippen molar-refractivity contribution >= 4 is 23.2 Å². The van der Waals surface area contributed by atoms with Gasteiger partial charge in [-0.15, -0.1) is 10.2 Å². The standard InChI is InChI=1S/C7H4Cl2N4/c8-5-2-1-4(3-6(5)9)7-10-12-13-11-7/h1-3,7H. The Kier molecular flexibility index (Phi) is 2.24. The fourth-order valence-corrected chi connectivity index (χ4v) is 1.28. The third-order valence-electron chi connectivity index (χ3n) is 1.60. The van der Waals surface area contributed by atoms with E-state index in [1.54, 1.807) is 18.2 Å². The molecule has 1 aliphatic heterocycles. The average Bonchev–Trinajstić information content (AvgIpc) is 2.62. The molecule has 4 nitrogen and oxygen atoms in total. The Hall–Kier alpha value is -1.00. The van der Waals surface area contributed by atoms with Crippen LogP contribution in [0.2, 0.25) is 10.0 Å². The van der Waals surface area contributed by atoms with Crippen molar-refractivity contribution in [2.45, 2.75) is 6.17 Å². The molecule has 1 aromatic rings. The fraction of sp³-hybridized carbons (Fsp3) is 0.143. The Morgan fingerprint density at radius 3 is 2.31 bits per heavy atom. The van der Waals surface area contributed by atoms with Gasteiger partial charge in [0.25, 0.3) is 0 Å². The van der Waals surface area contributed by atoms with Gasteiger partial charge in [-0.3, -0.25) is 0 Å². The van der Waals surface area contributed by atoms with Crippen molar-refractivity contribution < 1.29 is 0 Å². The lowest BCUT2D eigenvalue weighted by Gasteiger charge is -2.02. The Morgan fingerprint density at radius 1 is 1.00 bits per heavy atom. The highest BCUT2D eigenvalue weighted by atomic mass is 35.5. The zero-order valence-electron chi connectivity index (χ0n) is 6.35. The second-order valence-corrected chi connectivity index (χ2v) is 3.27. The minimum absolute atomic E-state index is 0.366. The van der Waals surface area contributed by atoms with Crippen molar-refractivity contribution in [3.05, 3.63) is 33.8 Å². The smallest absolute Gasteiger partial charge is 0.133 e. The first-order valence-corrected chi connectivity index (χ1v) is 4.28. The predicted octanol–water partition coefficient (Wildman–Crippen LogP) is 3.83. The van der Waals surface area contributed by atoms with Crippen LogP contribution in [0.5, 0.6) is 0 Å². The van der Waals surface area contributed by atoms with E-state index in [-0.39, 0.29) is 6.17 Å². The van der Waals surface area contributed by atoms with Gasteiger partial charge < -0.3 is 0 Å². The lowest BCUT2D eigenvalue weighted by molar-refractivity contribution is 0.765. The molecule has 0 radical (unpaired) electrons. The van der Waals surface area contributed by atoms with Crippen molar-refractivity contribution in [3.63, 3.8) is 0 Å². The molecule has 0 fully saturated rings. The van der Waals surface area contributed by atoms with Crippen LogP contribution in [0.3, 0.4) is 0 Å². The summed E-state index contributed by atoms with van der Waals surface area (Å²) in [7, 11) is 0. The van der Waals surface area contributed by atoms with Crippen molar-refractivity contribution in [1.29, 1.82) is 0 Å². The molecule has 13 heavy (non-hydrogen) atoms. The Morgan fingerprint density at radius 2 is 1.69 bits per heavy atom. The van der Waals surface area contributed by atoms with Crippen LogP contribution in [0, 0.1) is 0 Å². The van der Waals surface area contributed by atoms with Crippen molar-refractivity contribution in [2.75, 3.05) is 0 Å². The van der Waals surface area contributed by atoms with E-state index in [4.69, 9.17) is 23.2 Å². The Balaban J connectivity index is 2.36. The molecule has 0 atom stereocenters. The van der Waals surface area contributed by atoms with Crippen LogP contribution in [0.4, 0.5) is 0 Å². The molecule has 0 unspecified atom stereocenters. The minimum Gasteiger partial charge on any atom is -0.133 e. The quantitative estimate of drug-likeness (QED) is 0.683. The molecule has 0 N–H and O–H groups in total. The van der Waals surface area contributed by atoms with Crippen molar-refractivity contribution in [2.24, 2.45) is 20.7 Å². The third kappa shape index (κ3) is 1.68. The molecule has 0 bridgehead atoms. The van der Waals surface area contributed by atoms with Gasteiger partial charge in [-0.2, -0.15) is 0 Å². The molecular formula is C7H4Cl2N4. The lowest BCUT2D eigenvalue weighted by atomic mass is 10.2. The van der Waals surface area contributed by atoms with E-state index in [0.29, 0.717) is 10.0 Å². The van der Waals surface area contributed by atoms with E-state index >= 15 is 0 Å². The molecule has 1 aliphatic rings. The van der Waals surface area contributed by atoms with Gasteiger partial charge in [0.1, 0.15) is 0 Å². The molecule has 1 heterocycles. The molecule has 0 amide bonds. The van der Waals surface area contributed by atoms with Gasteiger partial charge in [0.05, 0.1) is 10.0 Å². The molecule has 6 heteroatoms. The number of hydrogen-bond donors (Lipinski definition) is 0. The second kappa shape index (κ2) is 3.40. The van der Waals surface area contributed by atoms with E-state index < -0.39 is 0 Å². The van der Waals surface area contributed by atoms with Crippen LogP contribution in [0.25, 0.3) is 0 Å². The lowest BCUT2D eigenvalue weighted by Crippen LogP contribution is -1.87. The predicted molar refractivity (Wildman–Crippen MR) is 48.9 cm³/mol. The van der Waals surface area contributed by atoms with Gasteiger partial charge in [-0.25, -0.2) is 0 Å². The molecule has 0 saturated heterocycles. The zero-order chi connectivity index (χ0) is 9.26. The largest absolute Gasteiger partial charge is 0.210 e.